The Balaban J connectivity index is 2.13. The van der Waals surface area contributed by atoms with E-state index < -0.39 is 0 Å². The van der Waals surface area contributed by atoms with Crippen molar-refractivity contribution in [1.82, 2.24) is 5.32 Å². The zero-order chi connectivity index (χ0) is 13.1. The van der Waals surface area contributed by atoms with E-state index in [1.165, 1.54) is 0 Å². The van der Waals surface area contributed by atoms with E-state index in [1.807, 2.05) is 31.2 Å². The molecule has 1 atom stereocenters. The molecule has 0 saturated carbocycles. The smallest absolute Gasteiger partial charge is 0.224 e. The van der Waals surface area contributed by atoms with Crippen LogP contribution in [0, 0.1) is 12.8 Å². The highest BCUT2D eigenvalue weighted by atomic mass is 16.3. The Labute approximate surface area is 106 Å². The van der Waals surface area contributed by atoms with Crippen molar-refractivity contribution in [3.8, 4) is 0 Å². The van der Waals surface area contributed by atoms with Gasteiger partial charge in [-0.05, 0) is 13.0 Å². The first-order valence-corrected chi connectivity index (χ1v) is 6.08. The number of nitrogens with two attached hydrogens (primary N) is 1. The lowest BCUT2D eigenvalue weighted by molar-refractivity contribution is -0.124. The largest absolute Gasteiger partial charge is 0.459 e. The Kier molecular flexibility index (Phi) is 3.67. The van der Waals surface area contributed by atoms with Crippen molar-refractivity contribution in [2.75, 3.05) is 6.54 Å². The highest BCUT2D eigenvalue weighted by Crippen LogP contribution is 2.24. The number of aryl methyl sites for hydroxylation is 1. The summed E-state index contributed by atoms with van der Waals surface area (Å²) < 4.78 is 5.72. The zero-order valence-electron chi connectivity index (χ0n) is 10.7. The second-order valence-electron chi connectivity index (χ2n) is 4.50. The maximum Gasteiger partial charge on any atom is 0.224 e. The average molecular weight is 246 g/mol. The van der Waals surface area contributed by atoms with Crippen LogP contribution >= 0.6 is 0 Å². The normalized spacial score (nSPS) is 12.6. The first kappa shape index (κ1) is 12.6. The van der Waals surface area contributed by atoms with Crippen LogP contribution in [0.1, 0.15) is 18.2 Å². The van der Waals surface area contributed by atoms with E-state index in [4.69, 9.17) is 10.2 Å². The van der Waals surface area contributed by atoms with E-state index in [2.05, 4.69) is 5.32 Å². The van der Waals surface area contributed by atoms with Gasteiger partial charge in [0, 0.05) is 23.4 Å². The summed E-state index contributed by atoms with van der Waals surface area (Å²) >= 11 is 0. The first-order valence-electron chi connectivity index (χ1n) is 6.08. The number of amides is 1. The fourth-order valence-electron chi connectivity index (χ4n) is 1.84. The Morgan fingerprint density at radius 2 is 2.17 bits per heavy atom. The Morgan fingerprint density at radius 3 is 2.83 bits per heavy atom. The minimum absolute atomic E-state index is 0.0441. The summed E-state index contributed by atoms with van der Waals surface area (Å²) in [5.41, 5.74) is 7.38. The third kappa shape index (κ3) is 2.38. The second-order valence-corrected chi connectivity index (χ2v) is 4.50. The summed E-state index contributed by atoms with van der Waals surface area (Å²) in [5.74, 6) is 0.584. The minimum atomic E-state index is -0.172. The molecule has 1 aromatic carbocycles. The molecule has 1 heterocycles. The second kappa shape index (κ2) is 5.23. The summed E-state index contributed by atoms with van der Waals surface area (Å²) in [7, 11) is 0. The van der Waals surface area contributed by atoms with E-state index >= 15 is 0 Å². The third-order valence-electron chi connectivity index (χ3n) is 3.17. The first-order chi connectivity index (χ1) is 8.63. The van der Waals surface area contributed by atoms with Crippen molar-refractivity contribution in [3.05, 3.63) is 35.6 Å². The van der Waals surface area contributed by atoms with Gasteiger partial charge < -0.3 is 15.5 Å². The molecule has 1 amide bonds. The number of carbonyl (C=O) groups excluding carboxylic acids is 1. The van der Waals surface area contributed by atoms with Gasteiger partial charge in [-0.3, -0.25) is 4.79 Å². The Morgan fingerprint density at radius 1 is 1.44 bits per heavy atom. The van der Waals surface area contributed by atoms with Crippen molar-refractivity contribution >= 4 is 16.9 Å². The van der Waals surface area contributed by atoms with Crippen LogP contribution in [-0.4, -0.2) is 12.5 Å². The van der Waals surface area contributed by atoms with Gasteiger partial charge in [-0.2, -0.15) is 0 Å². The molecule has 96 valence electrons. The van der Waals surface area contributed by atoms with Crippen molar-refractivity contribution in [2.45, 2.75) is 20.4 Å². The molecular formula is C14H18N2O2. The molecule has 3 N–H and O–H groups in total. The van der Waals surface area contributed by atoms with Crippen LogP contribution in [0.4, 0.5) is 0 Å². The van der Waals surface area contributed by atoms with E-state index in [9.17, 15) is 4.79 Å². The van der Waals surface area contributed by atoms with E-state index in [1.54, 1.807) is 6.92 Å². The molecule has 0 saturated heterocycles. The number of carbonyl (C=O) groups is 1. The maximum atomic E-state index is 11.6. The van der Waals surface area contributed by atoms with Gasteiger partial charge in [0.15, 0.2) is 0 Å². The molecule has 0 aliphatic rings. The molecule has 0 aliphatic carbocycles. The van der Waals surface area contributed by atoms with Gasteiger partial charge >= 0.3 is 0 Å². The summed E-state index contributed by atoms with van der Waals surface area (Å²) in [6.45, 7) is 4.56. The molecule has 0 bridgehead atoms. The van der Waals surface area contributed by atoms with Crippen molar-refractivity contribution < 1.29 is 9.21 Å². The summed E-state index contributed by atoms with van der Waals surface area (Å²) in [4.78, 5) is 11.6. The molecule has 2 rings (SSSR count). The number of hydrogen-bond donors (Lipinski definition) is 2. The van der Waals surface area contributed by atoms with Gasteiger partial charge in [-0.15, -0.1) is 0 Å². The topological polar surface area (TPSA) is 68.3 Å². The molecular weight excluding hydrogens is 228 g/mol. The number of benzene rings is 1. The molecule has 0 fully saturated rings. The zero-order valence-corrected chi connectivity index (χ0v) is 10.7. The summed E-state index contributed by atoms with van der Waals surface area (Å²) in [6.07, 6.45) is 0. The lowest BCUT2D eigenvalue weighted by Crippen LogP contribution is -2.32. The standard InChI is InChI=1S/C14H18N2O2/c1-9(7-15)14(17)16-8-13-10(2)11-5-3-4-6-12(11)18-13/h3-6,9H,7-8,15H2,1-2H3,(H,16,17). The lowest BCUT2D eigenvalue weighted by atomic mass is 10.1. The van der Waals surface area contributed by atoms with Gasteiger partial charge in [-0.25, -0.2) is 0 Å². The fourth-order valence-corrected chi connectivity index (χ4v) is 1.84. The Bertz CT molecular complexity index is 560. The number of furan rings is 1. The quantitative estimate of drug-likeness (QED) is 0.866. The van der Waals surface area contributed by atoms with Crippen molar-refractivity contribution in [1.29, 1.82) is 0 Å². The highest BCUT2D eigenvalue weighted by Gasteiger charge is 2.13. The molecule has 4 heteroatoms. The monoisotopic (exact) mass is 246 g/mol. The molecule has 1 unspecified atom stereocenters. The van der Waals surface area contributed by atoms with Gasteiger partial charge in [0.25, 0.3) is 0 Å². The van der Waals surface area contributed by atoms with E-state index in [0.29, 0.717) is 13.1 Å². The van der Waals surface area contributed by atoms with Gasteiger partial charge in [0.2, 0.25) is 5.91 Å². The molecule has 4 nitrogen and oxygen atoms in total. The number of fused-ring (bicyclic) bond motifs is 1. The molecule has 0 aliphatic heterocycles. The number of para-hydroxylation sites is 1. The van der Waals surface area contributed by atoms with Crippen molar-refractivity contribution in [2.24, 2.45) is 11.7 Å². The number of nitrogens with one attached hydrogen (secondary N) is 1. The third-order valence-corrected chi connectivity index (χ3v) is 3.17. The molecule has 2 aromatic rings. The van der Waals surface area contributed by atoms with E-state index in [0.717, 1.165) is 22.3 Å². The maximum absolute atomic E-state index is 11.6. The van der Waals surface area contributed by atoms with Crippen LogP contribution in [0.5, 0.6) is 0 Å². The van der Waals surface area contributed by atoms with Crippen LogP contribution in [0.15, 0.2) is 28.7 Å². The summed E-state index contributed by atoms with van der Waals surface area (Å²) in [6, 6.07) is 7.85. The minimum Gasteiger partial charge on any atom is -0.459 e. The molecule has 1 aromatic heterocycles. The van der Waals surface area contributed by atoms with Crippen LogP contribution in [0.3, 0.4) is 0 Å². The SMILES string of the molecule is Cc1c(CNC(=O)C(C)CN)oc2ccccc12. The van der Waals surface area contributed by atoms with Crippen LogP contribution in [-0.2, 0) is 11.3 Å². The fraction of sp³-hybridized carbons (Fsp3) is 0.357. The number of hydrogen-bond acceptors (Lipinski definition) is 3. The van der Waals surface area contributed by atoms with Crippen LogP contribution in [0.25, 0.3) is 11.0 Å². The average Bonchev–Trinajstić information content (AvgIpc) is 2.72. The van der Waals surface area contributed by atoms with Gasteiger partial charge in [0.1, 0.15) is 11.3 Å². The Hall–Kier alpha value is -1.81. The van der Waals surface area contributed by atoms with E-state index in [-0.39, 0.29) is 11.8 Å². The van der Waals surface area contributed by atoms with Crippen molar-refractivity contribution in [3.63, 3.8) is 0 Å². The predicted molar refractivity (Wildman–Crippen MR) is 71.0 cm³/mol. The predicted octanol–water partition coefficient (Wildman–Crippen LogP) is 1.95. The van der Waals surface area contributed by atoms with Crippen LogP contribution < -0.4 is 11.1 Å². The lowest BCUT2D eigenvalue weighted by Gasteiger charge is -2.08. The summed E-state index contributed by atoms with van der Waals surface area (Å²) in [5, 5.41) is 3.93. The van der Waals surface area contributed by atoms with Crippen LogP contribution in [0.2, 0.25) is 0 Å². The molecule has 0 radical (unpaired) electrons. The highest BCUT2D eigenvalue weighted by molar-refractivity contribution is 5.82. The van der Waals surface area contributed by atoms with Gasteiger partial charge in [-0.1, -0.05) is 25.1 Å². The molecule has 18 heavy (non-hydrogen) atoms. The molecule has 0 spiro atoms. The van der Waals surface area contributed by atoms with Gasteiger partial charge in [0.05, 0.1) is 6.54 Å². The number of rotatable bonds is 4.